The second-order valence-electron chi connectivity index (χ2n) is 8.88. The van der Waals surface area contributed by atoms with Crippen LogP contribution in [0.15, 0.2) is 65.6 Å². The first kappa shape index (κ1) is 26.0. The van der Waals surface area contributed by atoms with Gasteiger partial charge in [0.05, 0.1) is 12.0 Å². The number of carbonyl (C=O) groups excluding carboxylic acids is 3. The number of benzene rings is 3. The van der Waals surface area contributed by atoms with Crippen LogP contribution in [-0.4, -0.2) is 35.6 Å². The summed E-state index contributed by atoms with van der Waals surface area (Å²) in [5.74, 6) is 0.125. The predicted molar refractivity (Wildman–Crippen MR) is 146 cm³/mol. The first-order valence-corrected chi connectivity index (χ1v) is 12.5. The molecule has 1 aliphatic rings. The van der Waals surface area contributed by atoms with E-state index < -0.39 is 17.1 Å². The van der Waals surface area contributed by atoms with Gasteiger partial charge in [0.25, 0.3) is 11.1 Å². The molecule has 0 bridgehead atoms. The molecule has 0 radical (unpaired) electrons. The number of amides is 3. The summed E-state index contributed by atoms with van der Waals surface area (Å²) in [5.41, 5.74) is 5.51. The molecule has 0 spiro atoms. The van der Waals surface area contributed by atoms with E-state index in [1.165, 1.54) is 0 Å². The van der Waals surface area contributed by atoms with E-state index in [4.69, 9.17) is 9.47 Å². The number of rotatable bonds is 8. The van der Waals surface area contributed by atoms with Crippen molar-refractivity contribution in [3.63, 3.8) is 0 Å². The predicted octanol–water partition coefficient (Wildman–Crippen LogP) is 5.87. The highest BCUT2D eigenvalue weighted by Gasteiger charge is 2.36. The van der Waals surface area contributed by atoms with Crippen molar-refractivity contribution < 1.29 is 23.9 Å². The number of ether oxygens (including phenoxy) is 2. The quantitative estimate of drug-likeness (QED) is 0.377. The standard InChI is InChI=1S/C29H28N2O5S/c1-18-6-5-7-22(11-18)17-36-24-9-8-21(14-25(24)35-4)15-26-28(33)31(29(34)37-26)16-27(32)30-23-12-19(2)10-20(3)13-23/h5-15H,16-17H2,1-4H3,(H,30,32)/b26-15-. The van der Waals surface area contributed by atoms with E-state index in [-0.39, 0.29) is 11.4 Å². The molecule has 1 aliphatic heterocycles. The third-order valence-electron chi connectivity index (χ3n) is 5.64. The van der Waals surface area contributed by atoms with Gasteiger partial charge in [0, 0.05) is 5.69 Å². The van der Waals surface area contributed by atoms with Crippen molar-refractivity contribution in [2.75, 3.05) is 19.0 Å². The van der Waals surface area contributed by atoms with Crippen LogP contribution >= 0.6 is 11.8 Å². The Morgan fingerprint density at radius 1 is 0.946 bits per heavy atom. The van der Waals surface area contributed by atoms with Gasteiger partial charge in [-0.05, 0) is 85.1 Å². The summed E-state index contributed by atoms with van der Waals surface area (Å²) in [6.07, 6.45) is 1.61. The van der Waals surface area contributed by atoms with Gasteiger partial charge in [0.1, 0.15) is 13.2 Å². The average molecular weight is 517 g/mol. The largest absolute Gasteiger partial charge is 0.493 e. The molecule has 3 aromatic carbocycles. The Bertz CT molecular complexity index is 1380. The fourth-order valence-electron chi connectivity index (χ4n) is 4.03. The van der Waals surface area contributed by atoms with Gasteiger partial charge in [-0.15, -0.1) is 0 Å². The summed E-state index contributed by atoms with van der Waals surface area (Å²) in [6.45, 7) is 5.92. The molecule has 8 heteroatoms. The summed E-state index contributed by atoms with van der Waals surface area (Å²) in [5, 5.41) is 2.27. The lowest BCUT2D eigenvalue weighted by Crippen LogP contribution is -2.36. The topological polar surface area (TPSA) is 84.9 Å². The number of imide groups is 1. The third kappa shape index (κ3) is 6.59. The molecule has 1 saturated heterocycles. The number of carbonyl (C=O) groups is 3. The van der Waals surface area contributed by atoms with Gasteiger partial charge in [-0.2, -0.15) is 0 Å². The van der Waals surface area contributed by atoms with Gasteiger partial charge >= 0.3 is 0 Å². The van der Waals surface area contributed by atoms with Gasteiger partial charge in [0.2, 0.25) is 5.91 Å². The first-order chi connectivity index (χ1) is 17.7. The molecular formula is C29H28N2O5S. The molecule has 4 rings (SSSR count). The lowest BCUT2D eigenvalue weighted by atomic mass is 10.1. The third-order valence-corrected chi connectivity index (χ3v) is 6.55. The minimum Gasteiger partial charge on any atom is -0.493 e. The molecule has 1 N–H and O–H groups in total. The Morgan fingerprint density at radius 3 is 2.41 bits per heavy atom. The van der Waals surface area contributed by atoms with Crippen LogP contribution in [-0.2, 0) is 16.2 Å². The second kappa shape index (κ2) is 11.3. The Morgan fingerprint density at radius 2 is 1.70 bits per heavy atom. The molecule has 0 aromatic heterocycles. The van der Waals surface area contributed by atoms with Crippen molar-refractivity contribution in [3.8, 4) is 11.5 Å². The van der Waals surface area contributed by atoms with Crippen LogP contribution in [0.1, 0.15) is 27.8 Å². The molecule has 0 atom stereocenters. The van der Waals surface area contributed by atoms with Crippen LogP contribution in [0.4, 0.5) is 10.5 Å². The minimum atomic E-state index is -0.510. The Balaban J connectivity index is 1.43. The first-order valence-electron chi connectivity index (χ1n) is 11.7. The number of aryl methyl sites for hydroxylation is 3. The van der Waals surface area contributed by atoms with Crippen molar-refractivity contribution in [1.29, 1.82) is 0 Å². The number of methoxy groups -OCH3 is 1. The van der Waals surface area contributed by atoms with Crippen LogP contribution in [0.5, 0.6) is 11.5 Å². The molecule has 3 amide bonds. The van der Waals surface area contributed by atoms with E-state index in [2.05, 4.69) is 11.4 Å². The molecule has 0 saturated carbocycles. The Hall–Kier alpha value is -4.04. The average Bonchev–Trinajstić information content (AvgIpc) is 3.09. The van der Waals surface area contributed by atoms with Crippen molar-refractivity contribution in [2.45, 2.75) is 27.4 Å². The van der Waals surface area contributed by atoms with E-state index in [1.54, 1.807) is 31.4 Å². The van der Waals surface area contributed by atoms with E-state index in [0.717, 1.165) is 38.9 Å². The highest BCUT2D eigenvalue weighted by molar-refractivity contribution is 8.18. The molecule has 3 aromatic rings. The Kier molecular flexibility index (Phi) is 7.98. The lowest BCUT2D eigenvalue weighted by Gasteiger charge is -2.13. The van der Waals surface area contributed by atoms with E-state index >= 15 is 0 Å². The van der Waals surface area contributed by atoms with E-state index in [9.17, 15) is 14.4 Å². The molecule has 37 heavy (non-hydrogen) atoms. The van der Waals surface area contributed by atoms with Crippen LogP contribution in [0.2, 0.25) is 0 Å². The number of nitrogens with one attached hydrogen (secondary N) is 1. The number of hydrogen-bond acceptors (Lipinski definition) is 6. The SMILES string of the molecule is COc1cc(/C=C2\SC(=O)N(CC(=O)Nc3cc(C)cc(C)c3)C2=O)ccc1OCc1cccc(C)c1. The zero-order chi connectivity index (χ0) is 26.5. The molecule has 1 heterocycles. The monoisotopic (exact) mass is 516 g/mol. The number of anilines is 1. The molecular weight excluding hydrogens is 488 g/mol. The molecule has 1 fully saturated rings. The number of hydrogen-bond donors (Lipinski definition) is 1. The van der Waals surface area contributed by atoms with Crippen molar-refractivity contribution in [1.82, 2.24) is 4.90 Å². The summed E-state index contributed by atoms with van der Waals surface area (Å²) in [4.78, 5) is 39.1. The van der Waals surface area contributed by atoms with Crippen LogP contribution < -0.4 is 14.8 Å². The smallest absolute Gasteiger partial charge is 0.294 e. The van der Waals surface area contributed by atoms with Gasteiger partial charge in [-0.3, -0.25) is 19.3 Å². The number of nitrogens with zero attached hydrogens (tertiary/aromatic N) is 1. The molecule has 7 nitrogen and oxygen atoms in total. The molecule has 0 aliphatic carbocycles. The van der Waals surface area contributed by atoms with E-state index in [1.807, 2.05) is 57.2 Å². The van der Waals surface area contributed by atoms with E-state index in [0.29, 0.717) is 29.4 Å². The normalized spacial score (nSPS) is 14.3. The van der Waals surface area contributed by atoms with Crippen LogP contribution in [0, 0.1) is 20.8 Å². The number of thioether (sulfide) groups is 1. The summed E-state index contributed by atoms with van der Waals surface area (Å²) in [7, 11) is 1.54. The van der Waals surface area contributed by atoms with Gasteiger partial charge in [-0.1, -0.05) is 42.0 Å². The van der Waals surface area contributed by atoms with Gasteiger partial charge in [-0.25, -0.2) is 0 Å². The maximum atomic E-state index is 12.9. The second-order valence-corrected chi connectivity index (χ2v) is 9.87. The van der Waals surface area contributed by atoms with Gasteiger partial charge in [0.15, 0.2) is 11.5 Å². The lowest BCUT2D eigenvalue weighted by molar-refractivity contribution is -0.127. The highest BCUT2D eigenvalue weighted by atomic mass is 32.2. The van der Waals surface area contributed by atoms with Crippen molar-refractivity contribution >= 4 is 40.6 Å². The minimum absolute atomic E-state index is 0.236. The Labute approximate surface area is 220 Å². The van der Waals surface area contributed by atoms with Crippen molar-refractivity contribution in [3.05, 3.63) is 93.4 Å². The molecule has 0 unspecified atom stereocenters. The zero-order valence-electron chi connectivity index (χ0n) is 21.2. The highest BCUT2D eigenvalue weighted by Crippen LogP contribution is 2.34. The van der Waals surface area contributed by atoms with Crippen molar-refractivity contribution in [2.24, 2.45) is 0 Å². The fraction of sp³-hybridized carbons (Fsp3) is 0.207. The van der Waals surface area contributed by atoms with Crippen LogP contribution in [0.25, 0.3) is 6.08 Å². The van der Waals surface area contributed by atoms with Crippen LogP contribution in [0.3, 0.4) is 0 Å². The maximum absolute atomic E-state index is 12.9. The fourth-order valence-corrected chi connectivity index (χ4v) is 4.87. The molecule has 190 valence electrons. The zero-order valence-corrected chi connectivity index (χ0v) is 22.0. The van der Waals surface area contributed by atoms with Gasteiger partial charge < -0.3 is 14.8 Å². The summed E-state index contributed by atoms with van der Waals surface area (Å²) in [6, 6.07) is 19.0. The summed E-state index contributed by atoms with van der Waals surface area (Å²) < 4.78 is 11.4. The summed E-state index contributed by atoms with van der Waals surface area (Å²) >= 11 is 0.803. The maximum Gasteiger partial charge on any atom is 0.294 e.